The van der Waals surface area contributed by atoms with Crippen LogP contribution in [0.4, 0.5) is 5.69 Å². The van der Waals surface area contributed by atoms with Gasteiger partial charge in [0, 0.05) is 16.4 Å². The number of benzene rings is 2. The van der Waals surface area contributed by atoms with Crippen molar-refractivity contribution in [2.45, 2.75) is 13.8 Å². The molecular formula is C14H17BrN2O2S. The quantitative estimate of drug-likeness (QED) is 0.861. The Morgan fingerprint density at radius 1 is 1.10 bits per heavy atom. The molecule has 0 heterocycles. The maximum atomic E-state index is 12.0. The van der Waals surface area contributed by atoms with Gasteiger partial charge in [0.15, 0.2) is 0 Å². The Hall–Kier alpha value is -1.11. The van der Waals surface area contributed by atoms with Crippen molar-refractivity contribution in [1.29, 1.82) is 0 Å². The van der Waals surface area contributed by atoms with Gasteiger partial charge in [0.1, 0.15) is 0 Å². The molecule has 0 fully saturated rings. The number of fused-ring (bicyclic) bond motifs is 1. The van der Waals surface area contributed by atoms with Crippen LogP contribution in [0.2, 0.25) is 0 Å². The monoisotopic (exact) mass is 356 g/mol. The van der Waals surface area contributed by atoms with Gasteiger partial charge in [-0.15, -0.1) is 0 Å². The second kappa shape index (κ2) is 6.11. The molecule has 2 rings (SSSR count). The molecule has 0 saturated heterocycles. The van der Waals surface area contributed by atoms with Crippen molar-refractivity contribution >= 4 is 42.6 Å². The standard InChI is InChI=1S/C14H17BrN2O2S/c1-10(2)9-16-20(18,19)17-14-8-7-13(15)11-5-3-4-6-12(11)14/h3-8,10,16-17H,9H2,1-2H3. The van der Waals surface area contributed by atoms with Crippen LogP contribution in [-0.4, -0.2) is 15.0 Å². The van der Waals surface area contributed by atoms with Crippen molar-refractivity contribution < 1.29 is 8.42 Å². The van der Waals surface area contributed by atoms with E-state index in [4.69, 9.17) is 0 Å². The Morgan fingerprint density at radius 2 is 1.75 bits per heavy atom. The topological polar surface area (TPSA) is 58.2 Å². The van der Waals surface area contributed by atoms with Crippen LogP contribution in [0.25, 0.3) is 10.8 Å². The summed E-state index contributed by atoms with van der Waals surface area (Å²) in [5.41, 5.74) is 0.569. The fraction of sp³-hybridized carbons (Fsp3) is 0.286. The van der Waals surface area contributed by atoms with Crippen molar-refractivity contribution in [3.05, 3.63) is 40.9 Å². The van der Waals surface area contributed by atoms with E-state index in [2.05, 4.69) is 25.4 Å². The molecule has 0 aliphatic carbocycles. The molecule has 0 aromatic heterocycles. The minimum Gasteiger partial charge on any atom is -0.270 e. The van der Waals surface area contributed by atoms with Gasteiger partial charge in [-0.25, -0.2) is 0 Å². The van der Waals surface area contributed by atoms with Gasteiger partial charge >= 0.3 is 0 Å². The summed E-state index contributed by atoms with van der Waals surface area (Å²) in [6.07, 6.45) is 0. The van der Waals surface area contributed by atoms with Gasteiger partial charge in [-0.3, -0.25) is 4.72 Å². The lowest BCUT2D eigenvalue weighted by molar-refractivity contribution is 0.565. The fourth-order valence-corrected chi connectivity index (χ4v) is 3.38. The largest absolute Gasteiger partial charge is 0.299 e. The maximum absolute atomic E-state index is 12.0. The summed E-state index contributed by atoms with van der Waals surface area (Å²) in [4.78, 5) is 0. The molecule has 0 aliphatic rings. The Labute approximate surface area is 127 Å². The van der Waals surface area contributed by atoms with Crippen LogP contribution in [0.5, 0.6) is 0 Å². The van der Waals surface area contributed by atoms with Crippen LogP contribution >= 0.6 is 15.9 Å². The van der Waals surface area contributed by atoms with E-state index in [-0.39, 0.29) is 5.92 Å². The molecule has 2 N–H and O–H groups in total. The lowest BCUT2D eigenvalue weighted by atomic mass is 10.1. The minimum atomic E-state index is -3.55. The van der Waals surface area contributed by atoms with Gasteiger partial charge in [0.2, 0.25) is 0 Å². The van der Waals surface area contributed by atoms with Crippen molar-refractivity contribution in [3.8, 4) is 0 Å². The second-order valence-electron chi connectivity index (χ2n) is 4.99. The first-order valence-electron chi connectivity index (χ1n) is 6.34. The van der Waals surface area contributed by atoms with E-state index in [0.717, 1.165) is 15.2 Å². The lowest BCUT2D eigenvalue weighted by Gasteiger charge is -2.13. The highest BCUT2D eigenvalue weighted by Gasteiger charge is 2.12. The predicted molar refractivity (Wildman–Crippen MR) is 87.0 cm³/mol. The summed E-state index contributed by atoms with van der Waals surface area (Å²) in [5, 5.41) is 1.83. The Bertz CT molecular complexity index is 714. The number of nitrogens with one attached hydrogen (secondary N) is 2. The SMILES string of the molecule is CC(C)CNS(=O)(=O)Nc1ccc(Br)c2ccccc12. The molecule has 0 unspecified atom stereocenters. The average Bonchev–Trinajstić information content (AvgIpc) is 2.40. The number of halogens is 1. The molecule has 20 heavy (non-hydrogen) atoms. The maximum Gasteiger partial charge on any atom is 0.299 e. The van der Waals surface area contributed by atoms with Crippen LogP contribution in [0.1, 0.15) is 13.8 Å². The van der Waals surface area contributed by atoms with E-state index < -0.39 is 10.2 Å². The number of hydrogen-bond acceptors (Lipinski definition) is 2. The minimum absolute atomic E-state index is 0.258. The first-order chi connectivity index (χ1) is 9.39. The smallest absolute Gasteiger partial charge is 0.270 e. The summed E-state index contributed by atoms with van der Waals surface area (Å²) in [7, 11) is -3.55. The highest BCUT2D eigenvalue weighted by atomic mass is 79.9. The molecule has 108 valence electrons. The third-order valence-electron chi connectivity index (χ3n) is 2.80. The van der Waals surface area contributed by atoms with Gasteiger partial charge in [0.05, 0.1) is 5.69 Å². The molecule has 6 heteroatoms. The van der Waals surface area contributed by atoms with Crippen LogP contribution < -0.4 is 9.44 Å². The van der Waals surface area contributed by atoms with Gasteiger partial charge < -0.3 is 0 Å². The molecule has 2 aromatic carbocycles. The molecule has 0 bridgehead atoms. The molecule has 0 saturated carbocycles. The lowest BCUT2D eigenvalue weighted by Crippen LogP contribution is -2.32. The van der Waals surface area contributed by atoms with Crippen LogP contribution in [0.15, 0.2) is 40.9 Å². The van der Waals surface area contributed by atoms with Gasteiger partial charge in [-0.1, -0.05) is 54.0 Å². The summed E-state index contributed by atoms with van der Waals surface area (Å²) in [5.74, 6) is 0.258. The van der Waals surface area contributed by atoms with Crippen molar-refractivity contribution in [2.24, 2.45) is 5.92 Å². The van der Waals surface area contributed by atoms with Gasteiger partial charge in [-0.05, 0) is 23.4 Å². The molecular weight excluding hydrogens is 340 g/mol. The molecule has 0 spiro atoms. The summed E-state index contributed by atoms with van der Waals surface area (Å²) >= 11 is 3.47. The molecule has 4 nitrogen and oxygen atoms in total. The summed E-state index contributed by atoms with van der Waals surface area (Å²) in [6, 6.07) is 11.2. The third kappa shape index (κ3) is 3.71. The van der Waals surface area contributed by atoms with E-state index in [0.29, 0.717) is 12.2 Å². The highest BCUT2D eigenvalue weighted by Crippen LogP contribution is 2.30. The van der Waals surface area contributed by atoms with Crippen molar-refractivity contribution in [1.82, 2.24) is 4.72 Å². The van der Waals surface area contributed by atoms with Crippen LogP contribution in [0.3, 0.4) is 0 Å². The number of rotatable bonds is 5. The van der Waals surface area contributed by atoms with Crippen LogP contribution in [0, 0.1) is 5.92 Å². The predicted octanol–water partition coefficient (Wildman–Crippen LogP) is 3.50. The number of hydrogen-bond donors (Lipinski definition) is 2. The highest BCUT2D eigenvalue weighted by molar-refractivity contribution is 9.10. The zero-order valence-corrected chi connectivity index (χ0v) is 13.8. The van der Waals surface area contributed by atoms with Gasteiger partial charge in [0.25, 0.3) is 10.2 Å². The van der Waals surface area contributed by atoms with Crippen molar-refractivity contribution in [2.75, 3.05) is 11.3 Å². The number of anilines is 1. The normalized spacial score (nSPS) is 12.0. The Morgan fingerprint density at radius 3 is 2.40 bits per heavy atom. The first kappa shape index (κ1) is 15.3. The average molecular weight is 357 g/mol. The Balaban J connectivity index is 2.33. The van der Waals surface area contributed by atoms with Crippen molar-refractivity contribution in [3.63, 3.8) is 0 Å². The zero-order valence-electron chi connectivity index (χ0n) is 11.4. The molecule has 0 atom stereocenters. The van der Waals surface area contributed by atoms with E-state index in [1.54, 1.807) is 6.07 Å². The van der Waals surface area contributed by atoms with E-state index in [9.17, 15) is 8.42 Å². The van der Waals surface area contributed by atoms with E-state index in [1.165, 1.54) is 0 Å². The summed E-state index contributed by atoms with van der Waals surface area (Å²) in [6.45, 7) is 4.32. The Kier molecular flexibility index (Phi) is 4.67. The fourth-order valence-electron chi connectivity index (χ4n) is 1.81. The van der Waals surface area contributed by atoms with E-state index >= 15 is 0 Å². The second-order valence-corrected chi connectivity index (χ2v) is 7.34. The molecule has 0 aliphatic heterocycles. The third-order valence-corrected chi connectivity index (χ3v) is 4.52. The van der Waals surface area contributed by atoms with Crippen LogP contribution in [-0.2, 0) is 10.2 Å². The molecule has 2 aromatic rings. The first-order valence-corrected chi connectivity index (χ1v) is 8.61. The zero-order chi connectivity index (χ0) is 14.8. The molecule has 0 amide bonds. The molecule has 0 radical (unpaired) electrons. The summed E-state index contributed by atoms with van der Waals surface area (Å²) < 4.78 is 30.1. The van der Waals surface area contributed by atoms with E-state index in [1.807, 2.05) is 44.2 Å². The van der Waals surface area contributed by atoms with Gasteiger partial charge in [-0.2, -0.15) is 13.1 Å².